The second kappa shape index (κ2) is 6.89. The number of carbonyl (C=O) groups is 1. The van der Waals surface area contributed by atoms with E-state index in [0.29, 0.717) is 11.3 Å². The zero-order valence-corrected chi connectivity index (χ0v) is 14.2. The van der Waals surface area contributed by atoms with Gasteiger partial charge in [-0.15, -0.1) is 0 Å². The topological polar surface area (TPSA) is 26.3 Å². The summed E-state index contributed by atoms with van der Waals surface area (Å²) in [7, 11) is 0. The lowest BCUT2D eigenvalue weighted by Crippen LogP contribution is -2.18. The molecule has 2 nitrogen and oxygen atoms in total. The van der Waals surface area contributed by atoms with Gasteiger partial charge in [-0.25, -0.2) is 9.18 Å². The Morgan fingerprint density at radius 3 is 1.96 bits per heavy atom. The van der Waals surface area contributed by atoms with Crippen LogP contribution >= 0.6 is 0 Å². The zero-order chi connectivity index (χ0) is 17.9. The van der Waals surface area contributed by atoms with Crippen LogP contribution in [-0.2, 0) is 5.41 Å². The lowest BCUT2D eigenvalue weighted by atomic mass is 9.78. The van der Waals surface area contributed by atoms with Crippen molar-refractivity contribution in [2.75, 3.05) is 0 Å². The maximum Gasteiger partial charge on any atom is 0.343 e. The Hall–Kier alpha value is -2.94. The van der Waals surface area contributed by atoms with Gasteiger partial charge in [-0.2, -0.15) is 0 Å². The minimum Gasteiger partial charge on any atom is -0.423 e. The molecule has 0 saturated carbocycles. The molecule has 0 aliphatic rings. The van der Waals surface area contributed by atoms with Gasteiger partial charge in [0.15, 0.2) is 0 Å². The lowest BCUT2D eigenvalue weighted by Gasteiger charge is -2.26. The lowest BCUT2D eigenvalue weighted by molar-refractivity contribution is 0.0734. The molecule has 0 radical (unpaired) electrons. The minimum absolute atomic E-state index is 0.152. The highest BCUT2D eigenvalue weighted by molar-refractivity contribution is 5.90. The number of rotatable bonds is 4. The fourth-order valence-corrected chi connectivity index (χ4v) is 2.71. The van der Waals surface area contributed by atoms with Crippen molar-refractivity contribution in [1.82, 2.24) is 0 Å². The molecule has 0 N–H and O–H groups in total. The van der Waals surface area contributed by atoms with Crippen LogP contribution in [0.2, 0.25) is 0 Å². The fraction of sp³-hybridized carbons (Fsp3) is 0.136. The van der Waals surface area contributed by atoms with E-state index in [9.17, 15) is 9.18 Å². The summed E-state index contributed by atoms with van der Waals surface area (Å²) >= 11 is 0. The van der Waals surface area contributed by atoms with Crippen LogP contribution in [0.4, 0.5) is 4.39 Å². The molecule has 0 aliphatic heterocycles. The minimum atomic E-state index is -0.505. The summed E-state index contributed by atoms with van der Waals surface area (Å²) in [6.45, 7) is 4.31. The van der Waals surface area contributed by atoms with Crippen molar-refractivity contribution in [2.24, 2.45) is 0 Å². The van der Waals surface area contributed by atoms with Crippen molar-refractivity contribution in [3.05, 3.63) is 101 Å². The van der Waals surface area contributed by atoms with Crippen molar-refractivity contribution < 1.29 is 13.9 Å². The highest BCUT2D eigenvalue weighted by atomic mass is 19.1. The van der Waals surface area contributed by atoms with Gasteiger partial charge in [0.2, 0.25) is 0 Å². The second-order valence-electron chi connectivity index (χ2n) is 6.41. The Morgan fingerprint density at radius 2 is 1.36 bits per heavy atom. The molecule has 0 aliphatic carbocycles. The highest BCUT2D eigenvalue weighted by Gasteiger charge is 2.22. The van der Waals surface area contributed by atoms with E-state index in [2.05, 4.69) is 26.0 Å². The Bertz CT molecular complexity index is 851. The van der Waals surface area contributed by atoms with Gasteiger partial charge >= 0.3 is 5.97 Å². The fourth-order valence-electron chi connectivity index (χ4n) is 2.71. The van der Waals surface area contributed by atoms with Crippen LogP contribution in [0.25, 0.3) is 0 Å². The van der Waals surface area contributed by atoms with E-state index in [1.54, 1.807) is 12.1 Å². The molecule has 25 heavy (non-hydrogen) atoms. The molecular weight excluding hydrogens is 315 g/mol. The summed E-state index contributed by atoms with van der Waals surface area (Å²) in [4.78, 5) is 12.1. The normalized spacial score (nSPS) is 11.2. The zero-order valence-electron chi connectivity index (χ0n) is 14.2. The number of carbonyl (C=O) groups excluding carboxylic acids is 1. The molecule has 3 rings (SSSR count). The molecule has 3 aromatic carbocycles. The van der Waals surface area contributed by atoms with Gasteiger partial charge in [0.05, 0.1) is 5.56 Å². The van der Waals surface area contributed by atoms with E-state index in [-0.39, 0.29) is 11.2 Å². The first-order chi connectivity index (χ1) is 12.0. The number of hydrogen-bond donors (Lipinski definition) is 0. The Balaban J connectivity index is 1.76. The Labute approximate surface area is 146 Å². The van der Waals surface area contributed by atoms with Crippen molar-refractivity contribution in [3.8, 4) is 5.75 Å². The predicted molar refractivity (Wildman–Crippen MR) is 96.4 cm³/mol. The molecular formula is C22H19FO2. The van der Waals surface area contributed by atoms with Crippen LogP contribution in [0.1, 0.15) is 35.3 Å². The first kappa shape index (κ1) is 16.9. The molecule has 0 heterocycles. The Kier molecular flexibility index (Phi) is 4.66. The van der Waals surface area contributed by atoms with E-state index in [1.807, 2.05) is 30.3 Å². The van der Waals surface area contributed by atoms with Crippen molar-refractivity contribution in [1.29, 1.82) is 0 Å². The molecule has 0 unspecified atom stereocenters. The molecule has 126 valence electrons. The van der Waals surface area contributed by atoms with Gasteiger partial charge in [-0.1, -0.05) is 56.3 Å². The molecule has 0 spiro atoms. The number of ether oxygens (including phenoxy) is 1. The van der Waals surface area contributed by atoms with Crippen molar-refractivity contribution in [2.45, 2.75) is 19.3 Å². The number of hydrogen-bond acceptors (Lipinski definition) is 2. The quantitative estimate of drug-likeness (QED) is 0.473. The van der Waals surface area contributed by atoms with Gasteiger partial charge in [0.1, 0.15) is 11.6 Å². The molecule has 3 aromatic rings. The molecule has 0 atom stereocenters. The smallest absolute Gasteiger partial charge is 0.343 e. The first-order valence-electron chi connectivity index (χ1n) is 8.10. The summed E-state index contributed by atoms with van der Waals surface area (Å²) < 4.78 is 18.3. The number of benzene rings is 3. The van der Waals surface area contributed by atoms with Gasteiger partial charge in [-0.05, 0) is 47.5 Å². The maximum atomic E-state index is 12.9. The van der Waals surface area contributed by atoms with E-state index in [1.165, 1.54) is 29.8 Å². The molecule has 0 bridgehead atoms. The van der Waals surface area contributed by atoms with Crippen LogP contribution in [0.15, 0.2) is 78.9 Å². The summed E-state index contributed by atoms with van der Waals surface area (Å²) in [6.07, 6.45) is 0. The molecule has 0 amide bonds. The third-order valence-corrected chi connectivity index (χ3v) is 4.36. The largest absolute Gasteiger partial charge is 0.423 e. The highest BCUT2D eigenvalue weighted by Crippen LogP contribution is 2.32. The predicted octanol–water partition coefficient (Wildman–Crippen LogP) is 5.37. The standard InChI is InChI=1S/C22H19FO2/c1-22(2,17-6-4-3-5-7-17)18-10-14-20(15-11-18)25-21(24)16-8-12-19(23)13-9-16/h3-15H,1-2H3. The van der Waals surface area contributed by atoms with Gasteiger partial charge in [0.25, 0.3) is 0 Å². The van der Waals surface area contributed by atoms with Crippen LogP contribution in [0.5, 0.6) is 5.75 Å². The number of halogens is 1. The molecule has 0 aromatic heterocycles. The van der Waals surface area contributed by atoms with Gasteiger partial charge < -0.3 is 4.74 Å². The average molecular weight is 334 g/mol. The summed E-state index contributed by atoms with van der Waals surface area (Å²) in [5.41, 5.74) is 2.50. The van der Waals surface area contributed by atoms with E-state index < -0.39 is 5.97 Å². The monoisotopic (exact) mass is 334 g/mol. The van der Waals surface area contributed by atoms with Gasteiger partial charge in [-0.3, -0.25) is 0 Å². The van der Waals surface area contributed by atoms with Crippen LogP contribution in [0.3, 0.4) is 0 Å². The van der Waals surface area contributed by atoms with Crippen molar-refractivity contribution >= 4 is 5.97 Å². The average Bonchev–Trinajstić information content (AvgIpc) is 2.63. The Morgan fingerprint density at radius 1 is 0.800 bits per heavy atom. The van der Waals surface area contributed by atoms with Crippen LogP contribution in [0, 0.1) is 5.82 Å². The third kappa shape index (κ3) is 3.77. The first-order valence-corrected chi connectivity index (χ1v) is 8.10. The van der Waals surface area contributed by atoms with E-state index in [4.69, 9.17) is 4.74 Å². The second-order valence-corrected chi connectivity index (χ2v) is 6.41. The number of esters is 1. The maximum absolute atomic E-state index is 12.9. The summed E-state index contributed by atoms with van der Waals surface area (Å²) in [5.74, 6) is -0.430. The molecule has 0 saturated heterocycles. The summed E-state index contributed by atoms with van der Waals surface area (Å²) in [6, 6.07) is 23.0. The van der Waals surface area contributed by atoms with Crippen LogP contribution in [-0.4, -0.2) is 5.97 Å². The van der Waals surface area contributed by atoms with Crippen molar-refractivity contribution in [3.63, 3.8) is 0 Å². The van der Waals surface area contributed by atoms with Gasteiger partial charge in [0, 0.05) is 5.41 Å². The SMILES string of the molecule is CC(C)(c1ccccc1)c1ccc(OC(=O)c2ccc(F)cc2)cc1. The third-order valence-electron chi connectivity index (χ3n) is 4.36. The summed E-state index contributed by atoms with van der Waals surface area (Å²) in [5, 5.41) is 0. The molecule has 3 heteroatoms. The van der Waals surface area contributed by atoms with E-state index in [0.717, 1.165) is 5.56 Å². The molecule has 0 fully saturated rings. The van der Waals surface area contributed by atoms with E-state index >= 15 is 0 Å². The van der Waals surface area contributed by atoms with Crippen LogP contribution < -0.4 is 4.74 Å².